The number of benzene rings is 1. The minimum absolute atomic E-state index is 0.0530. The van der Waals surface area contributed by atoms with Crippen LogP contribution in [0.4, 0.5) is 5.69 Å². The maximum Gasteiger partial charge on any atom is 0.244 e. The number of rotatable bonds is 7. The zero-order valence-corrected chi connectivity index (χ0v) is 16.8. The minimum atomic E-state index is -0.537. The molecule has 0 radical (unpaired) electrons. The van der Waals surface area contributed by atoms with Gasteiger partial charge in [-0.15, -0.1) is 0 Å². The van der Waals surface area contributed by atoms with Crippen LogP contribution in [0.5, 0.6) is 5.75 Å². The van der Waals surface area contributed by atoms with Crippen molar-refractivity contribution in [2.75, 3.05) is 18.6 Å². The van der Waals surface area contributed by atoms with Gasteiger partial charge in [-0.1, -0.05) is 19.3 Å². The molecular formula is C22H28N4O3. The second-order valence-corrected chi connectivity index (χ2v) is 7.91. The molecule has 1 aliphatic carbocycles. The van der Waals surface area contributed by atoms with Crippen LogP contribution in [0.3, 0.4) is 0 Å². The number of ether oxygens (including phenoxy) is 1. The number of carbonyl (C=O) groups excluding carboxylic acids is 2. The number of β-lactam (4-membered cyclic amide) rings is 1. The van der Waals surface area contributed by atoms with Gasteiger partial charge in [0, 0.05) is 31.2 Å². The van der Waals surface area contributed by atoms with Crippen molar-refractivity contribution in [2.24, 2.45) is 5.41 Å². The number of nitrogens with one attached hydrogen (secondary N) is 1. The van der Waals surface area contributed by atoms with E-state index in [0.29, 0.717) is 6.54 Å². The monoisotopic (exact) mass is 396 g/mol. The molecule has 1 aromatic heterocycles. The number of aromatic nitrogens is 2. The molecule has 2 fully saturated rings. The molecule has 1 unspecified atom stereocenters. The number of methoxy groups -OCH3 is 1. The molecule has 154 valence electrons. The van der Waals surface area contributed by atoms with Crippen molar-refractivity contribution in [3.05, 3.63) is 42.7 Å². The van der Waals surface area contributed by atoms with Gasteiger partial charge in [-0.05, 0) is 49.6 Å². The molecule has 1 aliphatic heterocycles. The van der Waals surface area contributed by atoms with Crippen LogP contribution in [-0.2, 0) is 16.1 Å². The Bertz CT molecular complexity index is 841. The number of amides is 2. The molecule has 1 saturated heterocycles. The van der Waals surface area contributed by atoms with Gasteiger partial charge in [-0.25, -0.2) is 0 Å². The maximum atomic E-state index is 13.2. The number of hydrogen-bond acceptors (Lipinski definition) is 4. The second kappa shape index (κ2) is 8.27. The van der Waals surface area contributed by atoms with Crippen LogP contribution in [0.25, 0.3) is 0 Å². The van der Waals surface area contributed by atoms with Crippen molar-refractivity contribution < 1.29 is 14.3 Å². The van der Waals surface area contributed by atoms with E-state index in [2.05, 4.69) is 10.4 Å². The molecule has 4 rings (SSSR count). The van der Waals surface area contributed by atoms with Crippen LogP contribution >= 0.6 is 0 Å². The maximum absolute atomic E-state index is 13.2. The second-order valence-electron chi connectivity index (χ2n) is 7.91. The van der Waals surface area contributed by atoms with Gasteiger partial charge in [0.15, 0.2) is 0 Å². The Hall–Kier alpha value is -2.83. The number of nitrogens with zero attached hydrogens (tertiary/aromatic N) is 3. The van der Waals surface area contributed by atoms with E-state index in [4.69, 9.17) is 4.74 Å². The highest BCUT2D eigenvalue weighted by Crippen LogP contribution is 2.51. The summed E-state index contributed by atoms with van der Waals surface area (Å²) in [4.78, 5) is 28.0. The van der Waals surface area contributed by atoms with Gasteiger partial charge < -0.3 is 10.1 Å². The Kier molecular flexibility index (Phi) is 5.56. The Balaban J connectivity index is 1.47. The van der Waals surface area contributed by atoms with E-state index < -0.39 is 11.5 Å². The molecule has 1 spiro atoms. The van der Waals surface area contributed by atoms with E-state index >= 15 is 0 Å². The van der Waals surface area contributed by atoms with Crippen molar-refractivity contribution in [1.29, 1.82) is 0 Å². The van der Waals surface area contributed by atoms with Crippen LogP contribution in [0.2, 0.25) is 0 Å². The van der Waals surface area contributed by atoms with E-state index in [9.17, 15) is 9.59 Å². The summed E-state index contributed by atoms with van der Waals surface area (Å²) in [7, 11) is 1.61. The molecule has 2 aromatic rings. The number of aryl methyl sites for hydroxylation is 1. The van der Waals surface area contributed by atoms with Gasteiger partial charge in [0.2, 0.25) is 11.8 Å². The number of carbonyl (C=O) groups is 2. The molecule has 7 nitrogen and oxygen atoms in total. The van der Waals surface area contributed by atoms with Crippen molar-refractivity contribution in [1.82, 2.24) is 15.1 Å². The molecule has 0 bridgehead atoms. The SMILES string of the molecule is COc1ccc(N2C(=O)C3(CCCCC3)C2C(=O)NCCCn2cccn2)cc1. The standard InChI is InChI=1S/C22H28N4O3/c1-29-18-9-7-17(8-10-18)26-19(22(21(26)28)11-3-2-4-12-22)20(27)23-13-5-15-25-16-6-14-24-25/h6-10,14,16,19H,2-5,11-13,15H2,1H3,(H,23,27). The third-order valence-corrected chi connectivity index (χ3v) is 6.19. The lowest BCUT2D eigenvalue weighted by Crippen LogP contribution is -2.74. The highest BCUT2D eigenvalue weighted by molar-refractivity contribution is 6.14. The van der Waals surface area contributed by atoms with E-state index in [0.717, 1.165) is 56.5 Å². The van der Waals surface area contributed by atoms with Crippen molar-refractivity contribution in [3.8, 4) is 5.75 Å². The summed E-state index contributed by atoms with van der Waals surface area (Å²) < 4.78 is 7.07. The average molecular weight is 396 g/mol. The zero-order valence-electron chi connectivity index (χ0n) is 16.8. The Morgan fingerprint density at radius 1 is 1.24 bits per heavy atom. The lowest BCUT2D eigenvalue weighted by atomic mass is 9.61. The summed E-state index contributed by atoms with van der Waals surface area (Å²) in [5.41, 5.74) is 0.216. The molecule has 1 atom stereocenters. The topological polar surface area (TPSA) is 76.5 Å². The summed E-state index contributed by atoms with van der Waals surface area (Å²) >= 11 is 0. The Morgan fingerprint density at radius 3 is 2.66 bits per heavy atom. The summed E-state index contributed by atoms with van der Waals surface area (Å²) in [5.74, 6) is 0.760. The van der Waals surface area contributed by atoms with Crippen LogP contribution in [0.15, 0.2) is 42.7 Å². The third-order valence-electron chi connectivity index (χ3n) is 6.19. The fraction of sp³-hybridized carbons (Fsp3) is 0.500. The molecular weight excluding hydrogens is 368 g/mol. The number of anilines is 1. The molecule has 1 saturated carbocycles. The first-order valence-electron chi connectivity index (χ1n) is 10.4. The molecule has 1 N–H and O–H groups in total. The normalized spacial score (nSPS) is 20.4. The highest BCUT2D eigenvalue weighted by atomic mass is 16.5. The molecule has 2 amide bonds. The quantitative estimate of drug-likeness (QED) is 0.577. The first-order chi connectivity index (χ1) is 14.2. The average Bonchev–Trinajstić information content (AvgIpc) is 3.28. The van der Waals surface area contributed by atoms with Crippen LogP contribution in [0, 0.1) is 5.41 Å². The highest BCUT2D eigenvalue weighted by Gasteiger charge is 2.63. The van der Waals surface area contributed by atoms with Crippen LogP contribution in [-0.4, -0.2) is 41.3 Å². The van der Waals surface area contributed by atoms with Gasteiger partial charge in [-0.2, -0.15) is 5.10 Å². The first kappa shape index (κ1) is 19.5. The molecule has 7 heteroatoms. The van der Waals surface area contributed by atoms with Crippen LogP contribution < -0.4 is 15.0 Å². The van der Waals surface area contributed by atoms with E-state index in [1.807, 2.05) is 41.2 Å². The Morgan fingerprint density at radius 2 is 2.00 bits per heavy atom. The molecule has 29 heavy (non-hydrogen) atoms. The van der Waals surface area contributed by atoms with Gasteiger partial charge in [-0.3, -0.25) is 19.2 Å². The molecule has 1 aromatic carbocycles. The van der Waals surface area contributed by atoms with Gasteiger partial charge in [0.25, 0.3) is 0 Å². The van der Waals surface area contributed by atoms with Crippen molar-refractivity contribution >= 4 is 17.5 Å². The van der Waals surface area contributed by atoms with E-state index in [1.54, 1.807) is 18.2 Å². The first-order valence-corrected chi connectivity index (χ1v) is 10.4. The van der Waals surface area contributed by atoms with Crippen LogP contribution in [0.1, 0.15) is 38.5 Å². The lowest BCUT2D eigenvalue weighted by Gasteiger charge is -2.56. The summed E-state index contributed by atoms with van der Waals surface area (Å²) in [6.07, 6.45) is 9.19. The summed E-state index contributed by atoms with van der Waals surface area (Å²) in [6.45, 7) is 1.32. The smallest absolute Gasteiger partial charge is 0.244 e. The fourth-order valence-corrected chi connectivity index (χ4v) is 4.68. The van der Waals surface area contributed by atoms with Gasteiger partial charge in [0.05, 0.1) is 12.5 Å². The van der Waals surface area contributed by atoms with Crippen molar-refractivity contribution in [3.63, 3.8) is 0 Å². The zero-order chi connectivity index (χ0) is 20.3. The lowest BCUT2D eigenvalue weighted by molar-refractivity contribution is -0.150. The Labute approximate surface area is 171 Å². The fourth-order valence-electron chi connectivity index (χ4n) is 4.68. The predicted molar refractivity (Wildman–Crippen MR) is 110 cm³/mol. The summed E-state index contributed by atoms with van der Waals surface area (Å²) in [5, 5.41) is 7.24. The third kappa shape index (κ3) is 3.61. The van der Waals surface area contributed by atoms with Gasteiger partial charge >= 0.3 is 0 Å². The predicted octanol–water partition coefficient (Wildman–Crippen LogP) is 2.76. The molecule has 2 aliphatic rings. The number of hydrogen-bond donors (Lipinski definition) is 1. The van der Waals surface area contributed by atoms with Gasteiger partial charge in [0.1, 0.15) is 11.8 Å². The minimum Gasteiger partial charge on any atom is -0.497 e. The molecule has 2 heterocycles. The summed E-state index contributed by atoms with van der Waals surface area (Å²) in [6, 6.07) is 8.81. The van der Waals surface area contributed by atoms with Crippen molar-refractivity contribution in [2.45, 2.75) is 51.1 Å². The van der Waals surface area contributed by atoms with E-state index in [1.165, 1.54) is 0 Å². The largest absolute Gasteiger partial charge is 0.497 e. The van der Waals surface area contributed by atoms with E-state index in [-0.39, 0.29) is 11.8 Å².